The highest BCUT2D eigenvalue weighted by Crippen LogP contribution is 2.33. The minimum Gasteiger partial charge on any atom is -0.310 e. The van der Waals surface area contributed by atoms with E-state index in [-0.39, 0.29) is 18.1 Å². The van der Waals surface area contributed by atoms with E-state index in [1.165, 1.54) is 5.56 Å². The van der Waals surface area contributed by atoms with Crippen molar-refractivity contribution in [3.8, 4) is 0 Å². The van der Waals surface area contributed by atoms with Crippen LogP contribution in [0.5, 0.6) is 0 Å². The lowest BCUT2D eigenvalue weighted by molar-refractivity contribution is 0.145. The first-order valence-corrected chi connectivity index (χ1v) is 7.67. The summed E-state index contributed by atoms with van der Waals surface area (Å²) in [5.41, 5.74) is 1.18. The smallest absolute Gasteiger partial charge is 0.302 e. The Morgan fingerprint density at radius 3 is 2.78 bits per heavy atom. The van der Waals surface area contributed by atoms with Crippen LogP contribution in [0.2, 0.25) is 0 Å². The number of hydrogen-bond acceptors (Lipinski definition) is 3. The minimum atomic E-state index is -2.20. The molecular formula is C12H16BrNO3S. The van der Waals surface area contributed by atoms with Crippen molar-refractivity contribution in [3.05, 3.63) is 34.3 Å². The molecule has 100 valence electrons. The van der Waals surface area contributed by atoms with E-state index in [4.69, 9.17) is 8.74 Å². The van der Waals surface area contributed by atoms with Crippen molar-refractivity contribution in [1.82, 2.24) is 5.32 Å². The van der Waals surface area contributed by atoms with Gasteiger partial charge in [-0.3, -0.25) is 8.74 Å². The molecule has 1 saturated heterocycles. The molecule has 2 rings (SSSR count). The molecule has 1 heterocycles. The van der Waals surface area contributed by atoms with Crippen LogP contribution < -0.4 is 5.32 Å². The van der Waals surface area contributed by atoms with Crippen LogP contribution in [0.3, 0.4) is 0 Å². The Morgan fingerprint density at radius 1 is 1.50 bits per heavy atom. The fourth-order valence-corrected chi connectivity index (χ4v) is 3.13. The average molecular weight is 334 g/mol. The molecule has 4 nitrogen and oxygen atoms in total. The van der Waals surface area contributed by atoms with Gasteiger partial charge in [-0.2, -0.15) is 4.21 Å². The van der Waals surface area contributed by atoms with Crippen molar-refractivity contribution < 1.29 is 12.9 Å². The van der Waals surface area contributed by atoms with Gasteiger partial charge in [0.2, 0.25) is 0 Å². The topological polar surface area (TPSA) is 58.6 Å². The molecule has 0 spiro atoms. The fraction of sp³-hybridized carbons (Fsp3) is 0.500. The van der Waals surface area contributed by atoms with Gasteiger partial charge in [-0.05, 0) is 37.6 Å². The van der Waals surface area contributed by atoms with Gasteiger partial charge in [0.25, 0.3) is 0 Å². The maximum Gasteiger partial charge on any atom is 0.302 e. The van der Waals surface area contributed by atoms with E-state index in [1.54, 1.807) is 0 Å². The van der Waals surface area contributed by atoms with Gasteiger partial charge in [0, 0.05) is 16.4 Å². The number of benzene rings is 1. The zero-order chi connectivity index (χ0) is 13.1. The maximum absolute atomic E-state index is 10.7. The second kappa shape index (κ2) is 6.25. The molecule has 0 bridgehead atoms. The van der Waals surface area contributed by atoms with Gasteiger partial charge in [0.05, 0.1) is 6.10 Å². The first kappa shape index (κ1) is 14.1. The Kier molecular flexibility index (Phi) is 4.91. The molecule has 0 aromatic heterocycles. The summed E-state index contributed by atoms with van der Waals surface area (Å²) < 4.78 is 25.5. The van der Waals surface area contributed by atoms with Crippen LogP contribution in [0.15, 0.2) is 28.7 Å². The molecule has 1 fully saturated rings. The maximum atomic E-state index is 10.7. The van der Waals surface area contributed by atoms with E-state index >= 15 is 0 Å². The van der Waals surface area contributed by atoms with E-state index < -0.39 is 11.4 Å². The summed E-state index contributed by atoms with van der Waals surface area (Å²) in [5.74, 6) is 0.210. The van der Waals surface area contributed by atoms with Crippen molar-refractivity contribution in [2.24, 2.45) is 5.92 Å². The van der Waals surface area contributed by atoms with Gasteiger partial charge in [-0.1, -0.05) is 28.1 Å². The summed E-state index contributed by atoms with van der Waals surface area (Å²) in [5, 5.41) is 3.42. The Balaban J connectivity index is 2.11. The van der Waals surface area contributed by atoms with Crippen LogP contribution >= 0.6 is 15.9 Å². The number of nitrogens with one attached hydrogen (secondary N) is 1. The van der Waals surface area contributed by atoms with Crippen molar-refractivity contribution in [3.63, 3.8) is 0 Å². The van der Waals surface area contributed by atoms with Crippen LogP contribution in [0.4, 0.5) is 0 Å². The highest BCUT2D eigenvalue weighted by atomic mass is 79.9. The van der Waals surface area contributed by atoms with Gasteiger partial charge in [0.1, 0.15) is 0 Å². The summed E-state index contributed by atoms with van der Waals surface area (Å²) in [6.07, 6.45) is 0.693. The zero-order valence-electron chi connectivity index (χ0n) is 10.0. The third-order valence-electron chi connectivity index (χ3n) is 3.34. The Hall–Kier alpha value is -0.270. The van der Waals surface area contributed by atoms with Crippen LogP contribution in [0.1, 0.15) is 24.9 Å². The van der Waals surface area contributed by atoms with Crippen molar-refractivity contribution in [2.75, 3.05) is 6.54 Å². The second-order valence-electron chi connectivity index (χ2n) is 4.45. The van der Waals surface area contributed by atoms with E-state index in [0.717, 1.165) is 17.4 Å². The summed E-state index contributed by atoms with van der Waals surface area (Å²) in [4.78, 5) is 0. The van der Waals surface area contributed by atoms with Gasteiger partial charge in [-0.15, -0.1) is 0 Å². The number of hydrogen-bond donors (Lipinski definition) is 2. The molecule has 4 unspecified atom stereocenters. The van der Waals surface area contributed by atoms with Crippen LogP contribution in [0, 0.1) is 5.92 Å². The minimum absolute atomic E-state index is 0.177. The fourth-order valence-electron chi connectivity index (χ4n) is 2.47. The highest BCUT2D eigenvalue weighted by molar-refractivity contribution is 9.10. The molecule has 0 aliphatic carbocycles. The third kappa shape index (κ3) is 3.39. The average Bonchev–Trinajstić information content (AvgIpc) is 2.78. The Morgan fingerprint density at radius 2 is 2.17 bits per heavy atom. The molecule has 1 aromatic rings. The normalized spacial score (nSPS) is 27.1. The third-order valence-corrected chi connectivity index (χ3v) is 4.33. The number of halogens is 1. The predicted molar refractivity (Wildman–Crippen MR) is 74.3 cm³/mol. The monoisotopic (exact) mass is 333 g/mol. The molecule has 4 atom stereocenters. The van der Waals surface area contributed by atoms with Crippen molar-refractivity contribution >= 4 is 27.3 Å². The van der Waals surface area contributed by atoms with Crippen molar-refractivity contribution in [1.29, 1.82) is 0 Å². The van der Waals surface area contributed by atoms with E-state index in [9.17, 15) is 4.21 Å². The molecule has 18 heavy (non-hydrogen) atoms. The molecule has 1 aliphatic heterocycles. The summed E-state index contributed by atoms with van der Waals surface area (Å²) in [6, 6.07) is 8.30. The van der Waals surface area contributed by atoms with Gasteiger partial charge in [0.15, 0.2) is 0 Å². The lowest BCUT2D eigenvalue weighted by Gasteiger charge is -2.24. The summed E-state index contributed by atoms with van der Waals surface area (Å²) in [6.45, 7) is 2.74. The molecule has 0 saturated carbocycles. The SMILES string of the molecule is CC(OS(=O)O)C1CCNC1c1ccc(Br)cc1. The van der Waals surface area contributed by atoms with Crippen LogP contribution in [0.25, 0.3) is 0 Å². The first-order chi connectivity index (χ1) is 8.58. The lowest BCUT2D eigenvalue weighted by Crippen LogP contribution is -2.27. The molecule has 0 radical (unpaired) electrons. The summed E-state index contributed by atoms with van der Waals surface area (Å²) in [7, 11) is 0. The lowest BCUT2D eigenvalue weighted by atomic mass is 9.90. The Labute approximate surface area is 118 Å². The molecule has 0 amide bonds. The van der Waals surface area contributed by atoms with Crippen molar-refractivity contribution in [2.45, 2.75) is 25.5 Å². The van der Waals surface area contributed by atoms with E-state index in [1.807, 2.05) is 19.1 Å². The standard InChI is InChI=1S/C12H16BrNO3S/c1-8(17-18(15)16)11-6-7-14-12(11)9-2-4-10(13)5-3-9/h2-5,8,11-12,14H,6-7H2,1H3,(H,15,16). The quantitative estimate of drug-likeness (QED) is 0.831. The van der Waals surface area contributed by atoms with E-state index in [2.05, 4.69) is 33.4 Å². The van der Waals surface area contributed by atoms with Crippen LogP contribution in [-0.2, 0) is 15.5 Å². The van der Waals surface area contributed by atoms with Crippen LogP contribution in [-0.4, -0.2) is 21.4 Å². The van der Waals surface area contributed by atoms with E-state index in [0.29, 0.717) is 0 Å². The Bertz CT molecular complexity index is 426. The molecule has 1 aromatic carbocycles. The highest BCUT2D eigenvalue weighted by Gasteiger charge is 2.33. The predicted octanol–water partition coefficient (Wildman–Crippen LogP) is 2.64. The number of rotatable bonds is 4. The first-order valence-electron chi connectivity index (χ1n) is 5.85. The zero-order valence-corrected chi connectivity index (χ0v) is 12.4. The molecule has 6 heteroatoms. The molecule has 2 N–H and O–H groups in total. The molecule has 1 aliphatic rings. The summed E-state index contributed by atoms with van der Waals surface area (Å²) >= 11 is 1.21. The van der Waals surface area contributed by atoms with Gasteiger partial charge >= 0.3 is 11.4 Å². The van der Waals surface area contributed by atoms with Gasteiger partial charge < -0.3 is 5.32 Å². The van der Waals surface area contributed by atoms with Gasteiger partial charge in [-0.25, -0.2) is 0 Å². The molecular weight excluding hydrogens is 318 g/mol. The second-order valence-corrected chi connectivity index (χ2v) is 6.00. The largest absolute Gasteiger partial charge is 0.310 e.